The molecular weight excluding hydrogens is 347 g/mol. The van der Waals surface area contributed by atoms with Crippen molar-refractivity contribution in [2.24, 2.45) is 0 Å². The van der Waals surface area contributed by atoms with Gasteiger partial charge in [0.2, 0.25) is 0 Å². The van der Waals surface area contributed by atoms with Crippen molar-refractivity contribution in [3.05, 3.63) is 50.9 Å². The van der Waals surface area contributed by atoms with Crippen molar-refractivity contribution in [2.75, 3.05) is 11.9 Å². The molecule has 2 aromatic rings. The van der Waals surface area contributed by atoms with Crippen molar-refractivity contribution in [1.82, 2.24) is 15.3 Å². The average molecular weight is 365 g/mol. The first-order chi connectivity index (χ1) is 11.5. The summed E-state index contributed by atoms with van der Waals surface area (Å²) in [5, 5.41) is 7.39. The van der Waals surface area contributed by atoms with Crippen molar-refractivity contribution in [1.29, 1.82) is 0 Å². The maximum atomic E-state index is 12.1. The van der Waals surface area contributed by atoms with Crippen LogP contribution in [0.2, 0.25) is 10.0 Å². The average Bonchev–Trinajstić information content (AvgIpc) is 2.55. The van der Waals surface area contributed by atoms with Gasteiger partial charge in [0.05, 0.1) is 0 Å². The molecule has 1 aliphatic rings. The van der Waals surface area contributed by atoms with Crippen LogP contribution in [-0.2, 0) is 13.0 Å². The topological polar surface area (TPSA) is 66.9 Å². The van der Waals surface area contributed by atoms with Gasteiger partial charge in [-0.15, -0.1) is 0 Å². The van der Waals surface area contributed by atoms with Gasteiger partial charge in [-0.1, -0.05) is 37.0 Å². The Morgan fingerprint density at radius 3 is 2.83 bits per heavy atom. The summed E-state index contributed by atoms with van der Waals surface area (Å²) in [6, 6.07) is 5.34. The fraction of sp³-hybridized carbons (Fsp3) is 0.353. The van der Waals surface area contributed by atoms with Crippen LogP contribution in [0.1, 0.15) is 47.2 Å². The van der Waals surface area contributed by atoms with Gasteiger partial charge >= 0.3 is 0 Å². The highest BCUT2D eigenvalue weighted by atomic mass is 35.5. The summed E-state index contributed by atoms with van der Waals surface area (Å²) in [7, 11) is 0. The minimum Gasteiger partial charge on any atom is -0.366 e. The molecule has 1 aliphatic heterocycles. The van der Waals surface area contributed by atoms with E-state index in [0.29, 0.717) is 46.9 Å². The number of amides is 1. The zero-order valence-electron chi connectivity index (χ0n) is 13.5. The number of nitrogens with one attached hydrogen (secondary N) is 2. The Labute approximate surface area is 150 Å². The van der Waals surface area contributed by atoms with Gasteiger partial charge < -0.3 is 10.6 Å². The summed E-state index contributed by atoms with van der Waals surface area (Å²) in [4.78, 5) is 21.2. The Balaban J connectivity index is 1.94. The van der Waals surface area contributed by atoms with Gasteiger partial charge in [-0.2, -0.15) is 0 Å². The van der Waals surface area contributed by atoms with Crippen LogP contribution in [0, 0.1) is 0 Å². The second-order valence-corrected chi connectivity index (χ2v) is 6.85. The van der Waals surface area contributed by atoms with Gasteiger partial charge in [-0.25, -0.2) is 9.97 Å². The second-order valence-electron chi connectivity index (χ2n) is 6.01. The molecular formula is C17H18Cl2N4O. The molecule has 24 heavy (non-hydrogen) atoms. The van der Waals surface area contributed by atoms with E-state index < -0.39 is 0 Å². The van der Waals surface area contributed by atoms with Crippen LogP contribution in [0.4, 0.5) is 5.82 Å². The van der Waals surface area contributed by atoms with E-state index in [4.69, 9.17) is 23.2 Å². The molecule has 2 heterocycles. The monoisotopic (exact) mass is 364 g/mol. The third-order valence-corrected chi connectivity index (χ3v) is 4.47. The summed E-state index contributed by atoms with van der Waals surface area (Å²) in [6.45, 7) is 5.06. The largest absolute Gasteiger partial charge is 0.366 e. The number of anilines is 1. The Morgan fingerprint density at radius 1 is 1.29 bits per heavy atom. The predicted octanol–water partition coefficient (Wildman–Crippen LogP) is 3.80. The summed E-state index contributed by atoms with van der Waals surface area (Å²) < 4.78 is 0. The molecule has 126 valence electrons. The van der Waals surface area contributed by atoms with Crippen LogP contribution >= 0.6 is 23.2 Å². The normalized spacial score (nSPS) is 13.6. The van der Waals surface area contributed by atoms with Gasteiger partial charge in [0.15, 0.2) is 0 Å². The lowest BCUT2D eigenvalue weighted by Crippen LogP contribution is -2.34. The first-order valence-corrected chi connectivity index (χ1v) is 8.58. The number of rotatable bonds is 4. The number of nitrogens with zero attached hydrogens (tertiary/aromatic N) is 2. The van der Waals surface area contributed by atoms with Crippen LogP contribution in [0.25, 0.3) is 0 Å². The van der Waals surface area contributed by atoms with Gasteiger partial charge in [0, 0.05) is 34.6 Å². The van der Waals surface area contributed by atoms with E-state index >= 15 is 0 Å². The van der Waals surface area contributed by atoms with Gasteiger partial charge in [0.1, 0.15) is 17.3 Å². The number of fused-ring (bicyclic) bond motifs is 1. The van der Waals surface area contributed by atoms with Crippen LogP contribution in [-0.4, -0.2) is 22.4 Å². The number of carbonyl (C=O) groups excluding carboxylic acids is 1. The zero-order chi connectivity index (χ0) is 17.3. The predicted molar refractivity (Wildman–Crippen MR) is 95.9 cm³/mol. The molecule has 7 heteroatoms. The van der Waals surface area contributed by atoms with Crippen LogP contribution in [0.15, 0.2) is 18.2 Å². The summed E-state index contributed by atoms with van der Waals surface area (Å²) in [6.07, 6.45) is 0.699. The summed E-state index contributed by atoms with van der Waals surface area (Å²) >= 11 is 12.3. The number of hydrogen-bond acceptors (Lipinski definition) is 4. The molecule has 1 aromatic carbocycles. The lowest BCUT2D eigenvalue weighted by Gasteiger charge is -2.21. The number of halogens is 2. The zero-order valence-corrected chi connectivity index (χ0v) is 15.0. The minimum atomic E-state index is -0.149. The molecule has 3 rings (SSSR count). The van der Waals surface area contributed by atoms with Crippen molar-refractivity contribution >= 4 is 34.9 Å². The fourth-order valence-electron chi connectivity index (χ4n) is 2.57. The van der Waals surface area contributed by atoms with E-state index in [9.17, 15) is 4.79 Å². The number of benzene rings is 1. The highest BCUT2D eigenvalue weighted by Gasteiger charge is 2.24. The number of aromatic nitrogens is 2. The Bertz CT molecular complexity index is 792. The third-order valence-electron chi connectivity index (χ3n) is 3.87. The molecule has 0 aliphatic carbocycles. The van der Waals surface area contributed by atoms with Crippen molar-refractivity contribution in [3.8, 4) is 0 Å². The maximum absolute atomic E-state index is 12.1. The molecule has 5 nitrogen and oxygen atoms in total. The van der Waals surface area contributed by atoms with E-state index in [1.807, 2.05) is 19.9 Å². The number of carbonyl (C=O) groups is 1. The molecule has 0 fully saturated rings. The van der Waals surface area contributed by atoms with Crippen molar-refractivity contribution in [2.45, 2.75) is 32.7 Å². The third kappa shape index (κ3) is 3.47. The highest BCUT2D eigenvalue weighted by molar-refractivity contribution is 6.33. The molecule has 0 saturated carbocycles. The SMILES string of the molecule is CC(C)c1nc(NCc2cc(Cl)ccc2Cl)c2c(n1)C(=O)NCC2. The van der Waals surface area contributed by atoms with Gasteiger partial charge in [-0.05, 0) is 30.2 Å². The Hall–Kier alpha value is -1.85. The minimum absolute atomic E-state index is 0.125. The maximum Gasteiger partial charge on any atom is 0.270 e. The first kappa shape index (κ1) is 17.0. The molecule has 2 N–H and O–H groups in total. The lowest BCUT2D eigenvalue weighted by molar-refractivity contribution is 0.0940. The van der Waals surface area contributed by atoms with E-state index in [1.54, 1.807) is 12.1 Å². The molecule has 1 aromatic heterocycles. The Morgan fingerprint density at radius 2 is 2.08 bits per heavy atom. The van der Waals surface area contributed by atoms with Crippen LogP contribution in [0.5, 0.6) is 0 Å². The molecule has 0 bridgehead atoms. The second kappa shape index (κ2) is 6.95. The standard InChI is InChI=1S/C17H18Cl2N4O/c1-9(2)15-22-14-12(5-6-20-17(14)24)16(23-15)21-8-10-7-11(18)3-4-13(10)19/h3-4,7,9H,5-6,8H2,1-2H3,(H,20,24)(H,21,22,23). The van der Waals surface area contributed by atoms with Gasteiger partial charge in [0.25, 0.3) is 5.91 Å². The molecule has 0 saturated heterocycles. The summed E-state index contributed by atoms with van der Waals surface area (Å²) in [5.74, 6) is 1.31. The van der Waals surface area contributed by atoms with E-state index in [1.165, 1.54) is 0 Å². The highest BCUT2D eigenvalue weighted by Crippen LogP contribution is 2.25. The Kier molecular flexibility index (Phi) is 4.92. The van der Waals surface area contributed by atoms with E-state index in [0.717, 1.165) is 11.1 Å². The fourth-order valence-corrected chi connectivity index (χ4v) is 2.95. The summed E-state index contributed by atoms with van der Waals surface area (Å²) in [5.41, 5.74) is 2.18. The molecule has 0 radical (unpaired) electrons. The van der Waals surface area contributed by atoms with E-state index in [-0.39, 0.29) is 11.8 Å². The quantitative estimate of drug-likeness (QED) is 0.865. The van der Waals surface area contributed by atoms with Crippen LogP contribution < -0.4 is 10.6 Å². The van der Waals surface area contributed by atoms with Crippen molar-refractivity contribution in [3.63, 3.8) is 0 Å². The molecule has 1 amide bonds. The van der Waals surface area contributed by atoms with Gasteiger partial charge in [-0.3, -0.25) is 4.79 Å². The molecule has 0 spiro atoms. The molecule has 0 atom stereocenters. The number of hydrogen-bond donors (Lipinski definition) is 2. The van der Waals surface area contributed by atoms with E-state index in [2.05, 4.69) is 20.6 Å². The van der Waals surface area contributed by atoms with Crippen molar-refractivity contribution < 1.29 is 4.79 Å². The molecule has 0 unspecified atom stereocenters. The lowest BCUT2D eigenvalue weighted by atomic mass is 10.0. The van der Waals surface area contributed by atoms with Crippen LogP contribution in [0.3, 0.4) is 0 Å². The first-order valence-electron chi connectivity index (χ1n) is 7.82. The smallest absolute Gasteiger partial charge is 0.270 e.